The van der Waals surface area contributed by atoms with E-state index in [4.69, 9.17) is 4.43 Å². The molecule has 1 aromatic carbocycles. The van der Waals surface area contributed by atoms with Crippen molar-refractivity contribution in [3.05, 3.63) is 29.3 Å². The number of hydrogen-bond acceptors (Lipinski definition) is 2. The van der Waals surface area contributed by atoms with Gasteiger partial charge in [0.2, 0.25) is 8.32 Å². The molecule has 0 aromatic heterocycles. The molecule has 0 atom stereocenters. The van der Waals surface area contributed by atoms with E-state index in [9.17, 15) is 4.79 Å². The summed E-state index contributed by atoms with van der Waals surface area (Å²) in [6.45, 7) is 12.9. The molecule has 0 unspecified atom stereocenters. The van der Waals surface area contributed by atoms with Crippen LogP contribution >= 0.6 is 0 Å². The van der Waals surface area contributed by atoms with Crippen molar-refractivity contribution < 1.29 is 9.22 Å². The summed E-state index contributed by atoms with van der Waals surface area (Å²) in [5.74, 6) is 0.722. The van der Waals surface area contributed by atoms with Crippen LogP contribution in [0.3, 0.4) is 0 Å². The van der Waals surface area contributed by atoms with Gasteiger partial charge in [0.15, 0.2) is 6.29 Å². The van der Waals surface area contributed by atoms with Gasteiger partial charge in [0.1, 0.15) is 5.75 Å². The lowest BCUT2D eigenvalue weighted by molar-refractivity contribution is 0.112. The van der Waals surface area contributed by atoms with Crippen LogP contribution in [0.1, 0.15) is 43.1 Å². The Morgan fingerprint density at radius 2 is 1.89 bits per heavy atom. The summed E-state index contributed by atoms with van der Waals surface area (Å²) in [5, 5.41) is 0. The third-order valence-electron chi connectivity index (χ3n) is 3.22. The first-order chi connectivity index (χ1) is 8.19. The number of benzene rings is 1. The van der Waals surface area contributed by atoms with Gasteiger partial charge in [-0.05, 0) is 49.2 Å². The van der Waals surface area contributed by atoms with Crippen molar-refractivity contribution in [2.75, 3.05) is 0 Å². The van der Waals surface area contributed by atoms with Gasteiger partial charge in [0.25, 0.3) is 0 Å². The molecule has 0 aliphatic carbocycles. The Balaban J connectivity index is 3.16. The Labute approximate surface area is 111 Å². The SMILES string of the molecule is CCC(C)(C)c1ccc(O[Si](C)(C)C)c(C=O)c1. The molecule has 0 aliphatic heterocycles. The smallest absolute Gasteiger partial charge is 0.242 e. The summed E-state index contributed by atoms with van der Waals surface area (Å²) in [5.41, 5.74) is 1.95. The summed E-state index contributed by atoms with van der Waals surface area (Å²) < 4.78 is 5.93. The zero-order valence-electron chi connectivity index (χ0n) is 12.3. The lowest BCUT2D eigenvalue weighted by atomic mass is 9.81. The van der Waals surface area contributed by atoms with Crippen LogP contribution in [0, 0.1) is 0 Å². The third-order valence-corrected chi connectivity index (χ3v) is 4.05. The minimum atomic E-state index is -1.68. The Morgan fingerprint density at radius 1 is 1.28 bits per heavy atom. The number of carbonyl (C=O) groups excluding carboxylic acids is 1. The van der Waals surface area contributed by atoms with Gasteiger partial charge in [0, 0.05) is 0 Å². The zero-order chi connectivity index (χ0) is 14.0. The average Bonchev–Trinajstić information content (AvgIpc) is 2.27. The highest BCUT2D eigenvalue weighted by atomic mass is 28.4. The third kappa shape index (κ3) is 3.70. The van der Waals surface area contributed by atoms with Crippen LogP contribution in [0.5, 0.6) is 5.75 Å². The van der Waals surface area contributed by atoms with Crippen LogP contribution in [-0.4, -0.2) is 14.6 Å². The molecule has 0 spiro atoms. The fourth-order valence-corrected chi connectivity index (χ4v) is 2.53. The second-order valence-electron chi connectivity index (χ2n) is 6.32. The molecule has 0 fully saturated rings. The Morgan fingerprint density at radius 3 is 2.33 bits per heavy atom. The highest BCUT2D eigenvalue weighted by molar-refractivity contribution is 6.70. The quantitative estimate of drug-likeness (QED) is 0.582. The minimum Gasteiger partial charge on any atom is -0.544 e. The maximum Gasteiger partial charge on any atom is 0.242 e. The summed E-state index contributed by atoms with van der Waals surface area (Å²) in [4.78, 5) is 11.2. The van der Waals surface area contributed by atoms with E-state index in [-0.39, 0.29) is 5.41 Å². The van der Waals surface area contributed by atoms with Crippen molar-refractivity contribution in [2.24, 2.45) is 0 Å². The molecule has 1 rings (SSSR count). The van der Waals surface area contributed by atoms with Crippen molar-refractivity contribution in [1.82, 2.24) is 0 Å². The fourth-order valence-electron chi connectivity index (χ4n) is 1.69. The summed E-state index contributed by atoms with van der Waals surface area (Å²) in [7, 11) is -1.68. The highest BCUT2D eigenvalue weighted by Crippen LogP contribution is 2.31. The molecule has 0 aliphatic rings. The molecule has 0 heterocycles. The van der Waals surface area contributed by atoms with Crippen molar-refractivity contribution >= 4 is 14.6 Å². The minimum absolute atomic E-state index is 0.0927. The summed E-state index contributed by atoms with van der Waals surface area (Å²) >= 11 is 0. The van der Waals surface area contributed by atoms with Crippen molar-refractivity contribution in [1.29, 1.82) is 0 Å². The van der Waals surface area contributed by atoms with Gasteiger partial charge in [-0.1, -0.05) is 26.8 Å². The van der Waals surface area contributed by atoms with Gasteiger partial charge < -0.3 is 4.43 Å². The molecule has 2 nitrogen and oxygen atoms in total. The first-order valence-electron chi connectivity index (χ1n) is 6.48. The molecule has 100 valence electrons. The van der Waals surface area contributed by atoms with E-state index in [1.54, 1.807) is 0 Å². The monoisotopic (exact) mass is 264 g/mol. The normalized spacial score (nSPS) is 12.3. The average molecular weight is 264 g/mol. The van der Waals surface area contributed by atoms with E-state index < -0.39 is 8.32 Å². The fraction of sp³-hybridized carbons (Fsp3) is 0.533. The van der Waals surface area contributed by atoms with Crippen molar-refractivity contribution in [3.63, 3.8) is 0 Å². The molecule has 0 N–H and O–H groups in total. The second-order valence-corrected chi connectivity index (χ2v) is 10.8. The maximum atomic E-state index is 11.2. The highest BCUT2D eigenvalue weighted by Gasteiger charge is 2.22. The van der Waals surface area contributed by atoms with Crippen LogP contribution < -0.4 is 4.43 Å². The molecule has 1 aromatic rings. The summed E-state index contributed by atoms with van der Waals surface area (Å²) in [6.07, 6.45) is 1.93. The Bertz CT molecular complexity index is 431. The molecule has 0 saturated carbocycles. The number of carbonyl (C=O) groups is 1. The Kier molecular flexibility index (Phi) is 4.38. The molecule has 3 heteroatoms. The zero-order valence-corrected chi connectivity index (χ0v) is 13.3. The number of aldehydes is 1. The van der Waals surface area contributed by atoms with Gasteiger partial charge in [0.05, 0.1) is 5.56 Å². The molecular weight excluding hydrogens is 240 g/mol. The van der Waals surface area contributed by atoms with E-state index in [0.717, 1.165) is 18.5 Å². The van der Waals surface area contributed by atoms with E-state index in [0.29, 0.717) is 5.56 Å². The van der Waals surface area contributed by atoms with E-state index in [1.165, 1.54) is 5.56 Å². The largest absolute Gasteiger partial charge is 0.544 e. The first kappa shape index (κ1) is 15.0. The van der Waals surface area contributed by atoms with Gasteiger partial charge in [-0.15, -0.1) is 0 Å². The first-order valence-corrected chi connectivity index (χ1v) is 9.89. The predicted molar refractivity (Wildman–Crippen MR) is 79.1 cm³/mol. The van der Waals surface area contributed by atoms with Gasteiger partial charge in [-0.3, -0.25) is 4.79 Å². The maximum absolute atomic E-state index is 11.2. The lowest BCUT2D eigenvalue weighted by Gasteiger charge is -2.26. The van der Waals surface area contributed by atoms with Crippen LogP contribution in [-0.2, 0) is 5.41 Å². The van der Waals surface area contributed by atoms with Gasteiger partial charge in [-0.25, -0.2) is 0 Å². The van der Waals surface area contributed by atoms with E-state index in [1.807, 2.05) is 12.1 Å². The standard InChI is InChI=1S/C15H24O2Si/c1-7-15(2,3)13-8-9-14(12(10-13)11-16)17-18(4,5)6/h8-11H,7H2,1-6H3. The molecule has 0 radical (unpaired) electrons. The van der Waals surface area contributed by atoms with Gasteiger partial charge >= 0.3 is 0 Å². The van der Waals surface area contributed by atoms with Crippen molar-refractivity contribution in [3.8, 4) is 5.75 Å². The molecule has 0 amide bonds. The van der Waals surface area contributed by atoms with E-state index in [2.05, 4.69) is 46.5 Å². The predicted octanol–water partition coefficient (Wildman–Crippen LogP) is 4.40. The topological polar surface area (TPSA) is 26.3 Å². The molecule has 18 heavy (non-hydrogen) atoms. The van der Waals surface area contributed by atoms with Crippen molar-refractivity contribution in [2.45, 2.75) is 52.2 Å². The lowest BCUT2D eigenvalue weighted by Crippen LogP contribution is -2.30. The van der Waals surface area contributed by atoms with Crippen LogP contribution in [0.4, 0.5) is 0 Å². The number of hydrogen-bond donors (Lipinski definition) is 0. The Hall–Kier alpha value is -1.09. The second kappa shape index (κ2) is 5.27. The van der Waals surface area contributed by atoms with Gasteiger partial charge in [-0.2, -0.15) is 0 Å². The molecule has 0 bridgehead atoms. The molecular formula is C15H24O2Si. The number of rotatable bonds is 5. The molecule has 0 saturated heterocycles. The van der Waals surface area contributed by atoms with Crippen LogP contribution in [0.15, 0.2) is 18.2 Å². The summed E-state index contributed by atoms with van der Waals surface area (Å²) in [6, 6.07) is 5.98. The van der Waals surface area contributed by atoms with Crippen LogP contribution in [0.25, 0.3) is 0 Å². The van der Waals surface area contributed by atoms with E-state index >= 15 is 0 Å². The van der Waals surface area contributed by atoms with Crippen LogP contribution in [0.2, 0.25) is 19.6 Å².